The van der Waals surface area contributed by atoms with Crippen molar-refractivity contribution in [2.75, 3.05) is 11.1 Å². The number of nitrogens with two attached hydrogens (primary N) is 1. The Morgan fingerprint density at radius 3 is 3.00 bits per heavy atom. The van der Waals surface area contributed by atoms with E-state index in [9.17, 15) is 0 Å². The summed E-state index contributed by atoms with van der Waals surface area (Å²) >= 11 is 0. The number of hydrogen-bond donors (Lipinski definition) is 3. The van der Waals surface area contributed by atoms with E-state index in [4.69, 9.17) is 5.73 Å². The first-order chi connectivity index (χ1) is 9.11. The predicted molar refractivity (Wildman–Crippen MR) is 75.8 cm³/mol. The van der Waals surface area contributed by atoms with Crippen LogP contribution in [0.3, 0.4) is 0 Å². The molecule has 0 saturated heterocycles. The van der Waals surface area contributed by atoms with E-state index in [1.54, 1.807) is 0 Å². The van der Waals surface area contributed by atoms with Gasteiger partial charge in [-0.2, -0.15) is 5.10 Å². The second-order valence-corrected chi connectivity index (χ2v) is 4.63. The second-order valence-electron chi connectivity index (χ2n) is 4.63. The van der Waals surface area contributed by atoms with Crippen molar-refractivity contribution in [2.24, 2.45) is 7.05 Å². The van der Waals surface area contributed by atoms with Crippen LogP contribution in [0.2, 0.25) is 0 Å². The largest absolute Gasteiger partial charge is 0.399 e. The second kappa shape index (κ2) is 4.31. The van der Waals surface area contributed by atoms with E-state index in [0.717, 1.165) is 33.9 Å². The van der Waals surface area contributed by atoms with Crippen LogP contribution in [0.5, 0.6) is 0 Å². The normalized spacial score (nSPS) is 11.1. The van der Waals surface area contributed by atoms with Crippen molar-refractivity contribution in [1.82, 2.24) is 19.7 Å². The third-order valence-electron chi connectivity index (χ3n) is 3.07. The van der Waals surface area contributed by atoms with Gasteiger partial charge in [0.1, 0.15) is 0 Å². The van der Waals surface area contributed by atoms with E-state index >= 15 is 0 Å². The number of nitrogens with one attached hydrogen (secondary N) is 2. The molecular weight excluding hydrogens is 240 g/mol. The van der Waals surface area contributed by atoms with Crippen LogP contribution in [-0.4, -0.2) is 19.7 Å². The highest BCUT2D eigenvalue weighted by Crippen LogP contribution is 2.17. The molecule has 19 heavy (non-hydrogen) atoms. The molecule has 3 rings (SSSR count). The molecule has 98 valence electrons. The zero-order chi connectivity index (χ0) is 13.4. The smallest absolute Gasteiger partial charge is 0.201 e. The summed E-state index contributed by atoms with van der Waals surface area (Å²) < 4.78 is 1.81. The molecule has 2 aromatic heterocycles. The van der Waals surface area contributed by atoms with Crippen LogP contribution in [0.15, 0.2) is 24.4 Å². The van der Waals surface area contributed by atoms with Gasteiger partial charge in [0.2, 0.25) is 5.95 Å². The summed E-state index contributed by atoms with van der Waals surface area (Å²) in [4.78, 5) is 7.66. The molecule has 0 bridgehead atoms. The topological polar surface area (TPSA) is 84.6 Å². The van der Waals surface area contributed by atoms with Gasteiger partial charge in [-0.25, -0.2) is 4.98 Å². The van der Waals surface area contributed by atoms with Gasteiger partial charge in [-0.1, -0.05) is 0 Å². The first-order valence-corrected chi connectivity index (χ1v) is 6.10. The van der Waals surface area contributed by atoms with Crippen molar-refractivity contribution in [3.05, 3.63) is 35.7 Å². The highest BCUT2D eigenvalue weighted by Gasteiger charge is 2.05. The Labute approximate surface area is 110 Å². The van der Waals surface area contributed by atoms with Crippen LogP contribution in [0.1, 0.15) is 11.3 Å². The molecule has 0 radical (unpaired) electrons. The SMILES string of the molecule is Cc1nn(C)cc1CNc1nc2ccc(N)cc2[nH]1. The quantitative estimate of drug-likeness (QED) is 0.624. The van der Waals surface area contributed by atoms with Gasteiger partial charge in [0.05, 0.1) is 16.7 Å². The van der Waals surface area contributed by atoms with Crippen molar-refractivity contribution in [3.8, 4) is 0 Å². The summed E-state index contributed by atoms with van der Waals surface area (Å²) in [6.45, 7) is 2.69. The number of fused-ring (bicyclic) bond motifs is 1. The third-order valence-corrected chi connectivity index (χ3v) is 3.07. The van der Waals surface area contributed by atoms with Gasteiger partial charge in [0.25, 0.3) is 0 Å². The molecule has 0 saturated carbocycles. The molecule has 4 N–H and O–H groups in total. The Bertz CT molecular complexity index is 724. The van der Waals surface area contributed by atoms with Crippen molar-refractivity contribution in [2.45, 2.75) is 13.5 Å². The summed E-state index contributed by atoms with van der Waals surface area (Å²) in [5, 5.41) is 7.57. The average Bonchev–Trinajstić information content (AvgIpc) is 2.89. The van der Waals surface area contributed by atoms with Crippen molar-refractivity contribution < 1.29 is 0 Å². The lowest BCUT2D eigenvalue weighted by atomic mass is 10.3. The standard InChI is InChI=1S/C13H16N6/c1-8-9(7-19(2)18-8)6-15-13-16-11-4-3-10(14)5-12(11)17-13/h3-5,7H,6,14H2,1-2H3,(H2,15,16,17). The lowest BCUT2D eigenvalue weighted by Gasteiger charge is -2.00. The minimum Gasteiger partial charge on any atom is -0.399 e. The maximum atomic E-state index is 5.74. The molecule has 6 nitrogen and oxygen atoms in total. The molecule has 0 unspecified atom stereocenters. The fourth-order valence-corrected chi connectivity index (χ4v) is 2.11. The first-order valence-electron chi connectivity index (χ1n) is 6.10. The van der Waals surface area contributed by atoms with Gasteiger partial charge in [0, 0.05) is 31.0 Å². The number of anilines is 2. The van der Waals surface area contributed by atoms with Gasteiger partial charge in [-0.3, -0.25) is 4.68 Å². The van der Waals surface area contributed by atoms with Crippen molar-refractivity contribution >= 4 is 22.7 Å². The van der Waals surface area contributed by atoms with E-state index in [1.807, 2.05) is 43.0 Å². The molecule has 0 aliphatic carbocycles. The molecule has 0 amide bonds. The Morgan fingerprint density at radius 1 is 1.42 bits per heavy atom. The van der Waals surface area contributed by atoms with Crippen LogP contribution in [0, 0.1) is 6.92 Å². The Balaban J connectivity index is 1.80. The highest BCUT2D eigenvalue weighted by molar-refractivity contribution is 5.80. The van der Waals surface area contributed by atoms with Gasteiger partial charge >= 0.3 is 0 Å². The van der Waals surface area contributed by atoms with Gasteiger partial charge in [-0.15, -0.1) is 0 Å². The first kappa shape index (κ1) is 11.6. The van der Waals surface area contributed by atoms with E-state index in [2.05, 4.69) is 20.4 Å². The number of nitrogens with zero attached hydrogens (tertiary/aromatic N) is 3. The summed E-state index contributed by atoms with van der Waals surface area (Å²) in [7, 11) is 1.92. The Kier molecular flexibility index (Phi) is 2.63. The molecule has 6 heteroatoms. The number of aromatic amines is 1. The van der Waals surface area contributed by atoms with E-state index in [0.29, 0.717) is 6.54 Å². The van der Waals surface area contributed by atoms with Gasteiger partial charge in [0.15, 0.2) is 0 Å². The Morgan fingerprint density at radius 2 is 2.26 bits per heavy atom. The molecule has 3 aromatic rings. The highest BCUT2D eigenvalue weighted by atomic mass is 15.3. The molecule has 0 fully saturated rings. The molecule has 0 spiro atoms. The molecular formula is C13H16N6. The average molecular weight is 256 g/mol. The predicted octanol–water partition coefficient (Wildman–Crippen LogP) is 1.80. The number of imidazole rings is 1. The fourth-order valence-electron chi connectivity index (χ4n) is 2.11. The number of hydrogen-bond acceptors (Lipinski definition) is 4. The third kappa shape index (κ3) is 2.24. The van der Waals surface area contributed by atoms with E-state index in [-0.39, 0.29) is 0 Å². The minimum atomic E-state index is 0.689. The molecule has 1 aromatic carbocycles. The lowest BCUT2D eigenvalue weighted by Crippen LogP contribution is -2.01. The van der Waals surface area contributed by atoms with Crippen molar-refractivity contribution in [3.63, 3.8) is 0 Å². The maximum absolute atomic E-state index is 5.74. The van der Waals surface area contributed by atoms with Crippen LogP contribution < -0.4 is 11.1 Å². The fraction of sp³-hybridized carbons (Fsp3) is 0.231. The van der Waals surface area contributed by atoms with Crippen LogP contribution in [-0.2, 0) is 13.6 Å². The molecule has 0 aliphatic rings. The number of aromatic nitrogens is 4. The van der Waals surface area contributed by atoms with Crippen molar-refractivity contribution in [1.29, 1.82) is 0 Å². The zero-order valence-corrected chi connectivity index (χ0v) is 10.9. The lowest BCUT2D eigenvalue weighted by molar-refractivity contribution is 0.756. The summed E-state index contributed by atoms with van der Waals surface area (Å²) in [6, 6.07) is 5.63. The number of nitrogen functional groups attached to an aromatic ring is 1. The molecule has 2 heterocycles. The van der Waals surface area contributed by atoms with E-state index in [1.165, 1.54) is 0 Å². The van der Waals surface area contributed by atoms with Gasteiger partial charge in [-0.05, 0) is 25.1 Å². The molecule has 0 atom stereocenters. The molecule has 0 aliphatic heterocycles. The maximum Gasteiger partial charge on any atom is 0.201 e. The monoisotopic (exact) mass is 256 g/mol. The van der Waals surface area contributed by atoms with E-state index < -0.39 is 0 Å². The van der Waals surface area contributed by atoms with Crippen LogP contribution in [0.4, 0.5) is 11.6 Å². The number of benzene rings is 1. The Hall–Kier alpha value is -2.50. The summed E-state index contributed by atoms with van der Waals surface area (Å²) in [5.74, 6) is 0.740. The number of aryl methyl sites for hydroxylation is 2. The van der Waals surface area contributed by atoms with Gasteiger partial charge < -0.3 is 16.0 Å². The zero-order valence-electron chi connectivity index (χ0n) is 10.9. The van der Waals surface area contributed by atoms with Crippen LogP contribution >= 0.6 is 0 Å². The van der Waals surface area contributed by atoms with Crippen LogP contribution in [0.25, 0.3) is 11.0 Å². The number of rotatable bonds is 3. The minimum absolute atomic E-state index is 0.689. The number of H-pyrrole nitrogens is 1. The summed E-state index contributed by atoms with van der Waals surface area (Å²) in [5.41, 5.74) is 10.5. The summed E-state index contributed by atoms with van der Waals surface area (Å²) in [6.07, 6.45) is 2.00.